The Morgan fingerprint density at radius 2 is 2.41 bits per heavy atom. The molecule has 1 aliphatic rings. The molecule has 0 aliphatic carbocycles. The van der Waals surface area contributed by atoms with Gasteiger partial charge in [-0.2, -0.15) is 5.10 Å². The van der Waals surface area contributed by atoms with Crippen LogP contribution in [0.25, 0.3) is 0 Å². The van der Waals surface area contributed by atoms with Crippen LogP contribution in [0.15, 0.2) is 29.4 Å². The van der Waals surface area contributed by atoms with Crippen LogP contribution in [-0.4, -0.2) is 34.3 Å². The molecule has 7 heteroatoms. The number of nitro benzene ring substituents is 1. The van der Waals surface area contributed by atoms with E-state index in [1.807, 2.05) is 0 Å². The summed E-state index contributed by atoms with van der Waals surface area (Å²) in [6.07, 6.45) is 1.56. The van der Waals surface area contributed by atoms with E-state index in [1.54, 1.807) is 23.4 Å². The number of nitrogens with one attached hydrogen (secondary N) is 1. The lowest BCUT2D eigenvalue weighted by Gasteiger charge is -2.07. The molecule has 0 saturated carbocycles. The maximum absolute atomic E-state index is 10.6. The van der Waals surface area contributed by atoms with Gasteiger partial charge in [0.05, 0.1) is 17.7 Å². The number of rotatable bonds is 3. The third-order valence-corrected chi connectivity index (χ3v) is 2.62. The van der Waals surface area contributed by atoms with Crippen LogP contribution in [-0.2, 0) is 0 Å². The van der Waals surface area contributed by atoms with Crippen molar-refractivity contribution in [1.29, 1.82) is 0 Å². The first-order valence-corrected chi connectivity index (χ1v) is 5.41. The minimum atomic E-state index is -0.431. The second-order valence-electron chi connectivity index (χ2n) is 3.45. The Labute approximate surface area is 103 Å². The third-order valence-electron chi connectivity index (χ3n) is 2.26. The minimum Gasteiger partial charge on any atom is -0.359 e. The van der Waals surface area contributed by atoms with E-state index in [0.29, 0.717) is 17.2 Å². The second kappa shape index (κ2) is 4.88. The van der Waals surface area contributed by atoms with Crippen LogP contribution in [0.5, 0.6) is 0 Å². The smallest absolute Gasteiger partial charge is 0.270 e. The largest absolute Gasteiger partial charge is 0.359 e. The van der Waals surface area contributed by atoms with E-state index in [0.717, 1.165) is 6.54 Å². The van der Waals surface area contributed by atoms with Gasteiger partial charge in [-0.25, -0.2) is 5.01 Å². The molecule has 0 amide bonds. The molecule has 1 fully saturated rings. The molecule has 0 spiro atoms. The highest BCUT2D eigenvalue weighted by Gasteiger charge is 2.13. The average molecular weight is 250 g/mol. The van der Waals surface area contributed by atoms with Crippen molar-refractivity contribution in [2.45, 2.75) is 0 Å². The van der Waals surface area contributed by atoms with E-state index >= 15 is 0 Å². The maximum Gasteiger partial charge on any atom is 0.270 e. The molecular weight excluding hydrogens is 240 g/mol. The van der Waals surface area contributed by atoms with Gasteiger partial charge < -0.3 is 5.32 Å². The van der Waals surface area contributed by atoms with E-state index < -0.39 is 4.92 Å². The number of thiocarbonyl (C=S) groups is 1. The summed E-state index contributed by atoms with van der Waals surface area (Å²) < 4.78 is 0. The van der Waals surface area contributed by atoms with Crippen LogP contribution < -0.4 is 5.32 Å². The van der Waals surface area contributed by atoms with Gasteiger partial charge >= 0.3 is 0 Å². The fourth-order valence-electron chi connectivity index (χ4n) is 1.43. The van der Waals surface area contributed by atoms with Crippen molar-refractivity contribution >= 4 is 29.2 Å². The molecule has 0 bridgehead atoms. The number of hydrogen-bond donors (Lipinski definition) is 1. The summed E-state index contributed by atoms with van der Waals surface area (Å²) >= 11 is 5.02. The standard InChI is InChI=1S/C10H10N4O2S/c15-14(16)9-3-1-2-8(6-9)7-12-13-5-4-11-10(13)17/h1-3,6-7H,4-5H2,(H,11,17)/b12-7+. The second-order valence-corrected chi connectivity index (χ2v) is 3.84. The van der Waals surface area contributed by atoms with Gasteiger partial charge in [0.25, 0.3) is 5.69 Å². The lowest BCUT2D eigenvalue weighted by atomic mass is 10.2. The fraction of sp³-hybridized carbons (Fsp3) is 0.200. The zero-order chi connectivity index (χ0) is 12.3. The SMILES string of the molecule is O=[N+]([O-])c1cccc(/C=N/N2CCNC2=S)c1. The first-order chi connectivity index (χ1) is 8.16. The number of nitrogens with zero attached hydrogens (tertiary/aromatic N) is 3. The monoisotopic (exact) mass is 250 g/mol. The molecule has 2 rings (SSSR count). The molecular formula is C10H10N4O2S. The van der Waals surface area contributed by atoms with Gasteiger partial charge in [-0.3, -0.25) is 10.1 Å². The van der Waals surface area contributed by atoms with E-state index in [9.17, 15) is 10.1 Å². The third kappa shape index (κ3) is 2.76. The van der Waals surface area contributed by atoms with E-state index in [-0.39, 0.29) is 5.69 Å². The maximum atomic E-state index is 10.6. The van der Waals surface area contributed by atoms with Crippen molar-refractivity contribution in [1.82, 2.24) is 10.3 Å². The van der Waals surface area contributed by atoms with Crippen LogP contribution in [0, 0.1) is 10.1 Å². The highest BCUT2D eigenvalue weighted by atomic mass is 32.1. The molecule has 1 aliphatic heterocycles. The summed E-state index contributed by atoms with van der Waals surface area (Å²) in [5.41, 5.74) is 0.727. The first-order valence-electron chi connectivity index (χ1n) is 5.00. The zero-order valence-electron chi connectivity index (χ0n) is 8.87. The first kappa shape index (κ1) is 11.5. The lowest BCUT2D eigenvalue weighted by Crippen LogP contribution is -2.22. The summed E-state index contributed by atoms with van der Waals surface area (Å²) in [6.45, 7) is 1.48. The van der Waals surface area contributed by atoms with E-state index in [2.05, 4.69) is 10.4 Å². The Balaban J connectivity index is 2.12. The van der Waals surface area contributed by atoms with Crippen molar-refractivity contribution in [3.05, 3.63) is 39.9 Å². The highest BCUT2D eigenvalue weighted by Crippen LogP contribution is 2.11. The Kier molecular flexibility index (Phi) is 3.29. The summed E-state index contributed by atoms with van der Waals surface area (Å²) in [4.78, 5) is 10.2. The van der Waals surface area contributed by atoms with Gasteiger partial charge in [-0.05, 0) is 12.2 Å². The van der Waals surface area contributed by atoms with Gasteiger partial charge in [-0.15, -0.1) is 0 Å². The molecule has 1 saturated heterocycles. The topological polar surface area (TPSA) is 70.8 Å². The Morgan fingerprint density at radius 1 is 1.59 bits per heavy atom. The van der Waals surface area contributed by atoms with Crippen molar-refractivity contribution in [3.63, 3.8) is 0 Å². The molecule has 88 valence electrons. The van der Waals surface area contributed by atoms with Crippen molar-refractivity contribution in [2.24, 2.45) is 5.10 Å². The highest BCUT2D eigenvalue weighted by molar-refractivity contribution is 7.80. The number of hydrogen-bond acceptors (Lipinski definition) is 4. The van der Waals surface area contributed by atoms with E-state index in [4.69, 9.17) is 12.2 Å². The number of non-ortho nitro benzene ring substituents is 1. The van der Waals surface area contributed by atoms with E-state index in [1.165, 1.54) is 12.1 Å². The van der Waals surface area contributed by atoms with Crippen molar-refractivity contribution in [3.8, 4) is 0 Å². The molecule has 1 heterocycles. The Morgan fingerprint density at radius 3 is 3.06 bits per heavy atom. The number of hydrazone groups is 1. The van der Waals surface area contributed by atoms with Gasteiger partial charge in [-0.1, -0.05) is 12.1 Å². The molecule has 0 unspecified atom stereocenters. The summed E-state index contributed by atoms with van der Waals surface area (Å²) in [6, 6.07) is 6.29. The molecule has 0 aromatic heterocycles. The minimum absolute atomic E-state index is 0.0519. The van der Waals surface area contributed by atoms with Crippen LogP contribution in [0.3, 0.4) is 0 Å². The molecule has 17 heavy (non-hydrogen) atoms. The van der Waals surface area contributed by atoms with Crippen molar-refractivity contribution in [2.75, 3.05) is 13.1 Å². The molecule has 1 aromatic rings. The molecule has 1 aromatic carbocycles. The van der Waals surface area contributed by atoms with Gasteiger partial charge in [0.2, 0.25) is 0 Å². The lowest BCUT2D eigenvalue weighted by molar-refractivity contribution is -0.384. The summed E-state index contributed by atoms with van der Waals surface area (Å²) in [7, 11) is 0. The van der Waals surface area contributed by atoms with Crippen LogP contribution >= 0.6 is 12.2 Å². The normalized spacial score (nSPS) is 15.3. The van der Waals surface area contributed by atoms with Crippen molar-refractivity contribution < 1.29 is 4.92 Å². The van der Waals surface area contributed by atoms with Gasteiger partial charge in [0.15, 0.2) is 5.11 Å². The summed E-state index contributed by atoms with van der Waals surface area (Å²) in [5, 5.41) is 19.9. The molecule has 6 nitrogen and oxygen atoms in total. The fourth-order valence-corrected chi connectivity index (χ4v) is 1.67. The predicted molar refractivity (Wildman–Crippen MR) is 68.0 cm³/mol. The Hall–Kier alpha value is -2.02. The average Bonchev–Trinajstić information content (AvgIpc) is 2.72. The number of benzene rings is 1. The predicted octanol–water partition coefficient (Wildman–Crippen LogP) is 1.12. The zero-order valence-corrected chi connectivity index (χ0v) is 9.68. The van der Waals surface area contributed by atoms with Gasteiger partial charge in [0, 0.05) is 24.2 Å². The summed E-state index contributed by atoms with van der Waals surface area (Å²) in [5.74, 6) is 0. The van der Waals surface area contributed by atoms with Crippen LogP contribution in [0.1, 0.15) is 5.56 Å². The Bertz CT molecular complexity index is 489. The quantitative estimate of drug-likeness (QED) is 0.377. The van der Waals surface area contributed by atoms with Gasteiger partial charge in [0.1, 0.15) is 0 Å². The molecule has 0 radical (unpaired) electrons. The number of nitro groups is 1. The molecule has 0 atom stereocenters. The van der Waals surface area contributed by atoms with Crippen LogP contribution in [0.2, 0.25) is 0 Å². The van der Waals surface area contributed by atoms with Crippen LogP contribution in [0.4, 0.5) is 5.69 Å². The molecule has 1 N–H and O–H groups in total.